The predicted octanol–water partition coefficient (Wildman–Crippen LogP) is 22.5. The zero-order chi connectivity index (χ0) is 58.8. The number of unbranched alkanes of at least 4 members (excludes halogenated alkanes) is 42. The average molecular weight is 1120 g/mol. The van der Waals surface area contributed by atoms with E-state index in [9.17, 15) is 14.4 Å². The number of hydrogen-bond acceptors (Lipinski definition) is 6. The molecule has 0 aliphatic heterocycles. The second kappa shape index (κ2) is 60.2. The third-order valence-corrected chi connectivity index (χ3v) is 17.5. The summed E-state index contributed by atoms with van der Waals surface area (Å²) < 4.78 is 0. The van der Waals surface area contributed by atoms with Gasteiger partial charge in [0.05, 0.1) is 0 Å². The van der Waals surface area contributed by atoms with E-state index in [0.29, 0.717) is 32.2 Å². The minimum absolute atomic E-state index is 0.122. The van der Waals surface area contributed by atoms with E-state index in [1.54, 1.807) is 0 Å². The van der Waals surface area contributed by atoms with E-state index in [1.165, 1.54) is 212 Å². The Kier molecular flexibility index (Phi) is 58.8. The number of Topliss-reactive ketones (excluding diaryl/α,β-unsaturated/α-hetero) is 4. The zero-order valence-electron chi connectivity index (χ0n) is 55.3. The van der Waals surface area contributed by atoms with Crippen molar-refractivity contribution >= 4 is 23.1 Å². The number of ketones is 4. The molecule has 0 fully saturated rings. The molecule has 0 aromatic carbocycles. The van der Waals surface area contributed by atoms with Crippen molar-refractivity contribution in [2.24, 2.45) is 17.8 Å². The first-order chi connectivity index (χ1) is 39.0. The van der Waals surface area contributed by atoms with E-state index in [0.717, 1.165) is 96.3 Å². The molecule has 4 unspecified atom stereocenters. The largest absolute Gasteiger partial charge is 0.309 e. The normalized spacial score (nSPS) is 13.6. The first-order valence-electron chi connectivity index (χ1n) is 35.8. The third kappa shape index (κ3) is 48.5. The summed E-state index contributed by atoms with van der Waals surface area (Å²) in [6.45, 7) is 9.57. The number of rotatable bonds is 65. The minimum Gasteiger partial charge on any atom is -0.309 e. The maximum absolute atomic E-state index is 15.2. The van der Waals surface area contributed by atoms with Crippen LogP contribution in [0.5, 0.6) is 0 Å². The fourth-order valence-corrected chi connectivity index (χ4v) is 12.4. The van der Waals surface area contributed by atoms with Gasteiger partial charge in [0.25, 0.3) is 0 Å². The molecule has 470 valence electrons. The lowest BCUT2D eigenvalue weighted by Crippen LogP contribution is -2.53. The van der Waals surface area contributed by atoms with Gasteiger partial charge in [-0.3, -0.25) is 19.2 Å². The van der Waals surface area contributed by atoms with Crippen LogP contribution < -0.4 is 0 Å². The monoisotopic (exact) mass is 1120 g/mol. The van der Waals surface area contributed by atoms with Crippen LogP contribution in [-0.2, 0) is 19.2 Å². The fraction of sp³-hybridized carbons (Fsp3) is 0.892. The quantitative estimate of drug-likeness (QED) is 0.0446. The van der Waals surface area contributed by atoms with Crippen LogP contribution in [0.25, 0.3) is 0 Å². The highest BCUT2D eigenvalue weighted by atomic mass is 16.1. The molecule has 6 heteroatoms. The molecule has 0 radical (unpaired) electrons. The SMILES string of the molecule is CCCCCCCC/C=C\CCCCCCCC(=O)C(CN(C)C)C(C(=O)CCCCCCC/C=C\CCCCCCCC)C(C(CC(=O)CCCCCCCCCCCCC)C(=O)CCCCCCCCCCCCC)N(C)C. The van der Waals surface area contributed by atoms with E-state index in [2.05, 4.69) is 61.8 Å². The maximum Gasteiger partial charge on any atom is 0.138 e. The van der Waals surface area contributed by atoms with Gasteiger partial charge < -0.3 is 9.80 Å². The summed E-state index contributed by atoms with van der Waals surface area (Å²) in [5.41, 5.74) is 0. The highest BCUT2D eigenvalue weighted by molar-refractivity contribution is 5.93. The zero-order valence-corrected chi connectivity index (χ0v) is 55.3. The number of hydrogen-bond donors (Lipinski definition) is 0. The van der Waals surface area contributed by atoms with E-state index in [1.807, 2.05) is 28.2 Å². The molecule has 0 saturated carbocycles. The molecule has 0 N–H and O–H groups in total. The van der Waals surface area contributed by atoms with Crippen molar-refractivity contribution in [2.45, 2.75) is 374 Å². The maximum atomic E-state index is 15.2. The van der Waals surface area contributed by atoms with E-state index >= 15 is 4.79 Å². The Morgan fingerprint density at radius 2 is 0.550 bits per heavy atom. The first-order valence-corrected chi connectivity index (χ1v) is 35.8. The first kappa shape index (κ1) is 78.1. The Morgan fingerprint density at radius 1 is 0.300 bits per heavy atom. The lowest BCUT2D eigenvalue weighted by Gasteiger charge is -2.41. The Morgan fingerprint density at radius 3 is 0.838 bits per heavy atom. The molecule has 80 heavy (non-hydrogen) atoms. The van der Waals surface area contributed by atoms with Gasteiger partial charge in [-0.05, 0) is 105 Å². The summed E-state index contributed by atoms with van der Waals surface area (Å²) >= 11 is 0. The molecule has 0 aliphatic rings. The number of carbonyl (C=O) groups is 4. The van der Waals surface area contributed by atoms with Crippen LogP contribution in [-0.4, -0.2) is 73.7 Å². The molecule has 0 spiro atoms. The number of nitrogens with zero attached hydrogens (tertiary/aromatic N) is 2. The summed E-state index contributed by atoms with van der Waals surface area (Å²) in [7, 11) is 8.05. The van der Waals surface area contributed by atoms with Crippen molar-refractivity contribution in [1.29, 1.82) is 0 Å². The lowest BCUT2D eigenvalue weighted by atomic mass is 9.70. The van der Waals surface area contributed by atoms with Crippen LogP contribution in [0.3, 0.4) is 0 Å². The van der Waals surface area contributed by atoms with Gasteiger partial charge in [-0.2, -0.15) is 0 Å². The summed E-state index contributed by atoms with van der Waals surface area (Å²) in [5, 5.41) is 0. The topological polar surface area (TPSA) is 74.8 Å². The second-order valence-corrected chi connectivity index (χ2v) is 25.8. The average Bonchev–Trinajstić information content (AvgIpc) is 3.43. The predicted molar refractivity (Wildman–Crippen MR) is 352 cm³/mol. The van der Waals surface area contributed by atoms with Gasteiger partial charge in [-0.25, -0.2) is 0 Å². The van der Waals surface area contributed by atoms with Gasteiger partial charge in [-0.1, -0.05) is 283 Å². The second-order valence-electron chi connectivity index (χ2n) is 25.8. The Bertz CT molecular complexity index is 1430. The van der Waals surface area contributed by atoms with Crippen molar-refractivity contribution in [1.82, 2.24) is 9.80 Å². The smallest absolute Gasteiger partial charge is 0.138 e. The molecular formula is C74H140N2O4. The molecule has 0 saturated heterocycles. The summed E-state index contributed by atoms with van der Waals surface area (Å²) in [6.07, 6.45) is 69.7. The molecule has 0 aromatic rings. The lowest BCUT2D eigenvalue weighted by molar-refractivity contribution is -0.140. The van der Waals surface area contributed by atoms with Crippen LogP contribution in [0.2, 0.25) is 0 Å². The molecule has 6 nitrogen and oxygen atoms in total. The van der Waals surface area contributed by atoms with Gasteiger partial charge in [0.1, 0.15) is 23.1 Å². The standard InChI is InChI=1S/C74H140N2O4/c1-9-13-17-21-25-29-33-35-37-39-43-47-51-55-59-63-71(79)69(66-75(5)6)73(72(80)64-60-56-52-48-44-40-38-36-34-30-26-22-18-14-10-2)74(76(7)8)68(70(78)62-58-54-50-46-42-32-28-24-20-16-12-4)65-67(77)61-57-53-49-45-41-31-27-23-19-15-11-3/h35-38,68-69,73-74H,9-34,39-66H2,1-8H3/b37-35-,38-36-. The van der Waals surface area contributed by atoms with Gasteiger partial charge in [0.2, 0.25) is 0 Å². The van der Waals surface area contributed by atoms with Crippen LogP contribution in [0.1, 0.15) is 368 Å². The molecule has 0 bridgehead atoms. The van der Waals surface area contributed by atoms with Crippen molar-refractivity contribution in [3.05, 3.63) is 24.3 Å². The van der Waals surface area contributed by atoms with Gasteiger partial charge in [-0.15, -0.1) is 0 Å². The summed E-state index contributed by atoms with van der Waals surface area (Å²) in [4.78, 5) is 63.4. The van der Waals surface area contributed by atoms with E-state index in [-0.39, 0.29) is 29.6 Å². The summed E-state index contributed by atoms with van der Waals surface area (Å²) in [6, 6.07) is -0.505. The van der Waals surface area contributed by atoms with Gasteiger partial charge in [0.15, 0.2) is 0 Å². The van der Waals surface area contributed by atoms with E-state index in [4.69, 9.17) is 0 Å². The van der Waals surface area contributed by atoms with Gasteiger partial charge in [0, 0.05) is 62.4 Å². The molecule has 0 heterocycles. The van der Waals surface area contributed by atoms with Crippen LogP contribution >= 0.6 is 0 Å². The van der Waals surface area contributed by atoms with Crippen LogP contribution in [0.4, 0.5) is 0 Å². The Balaban J connectivity index is 6.23. The summed E-state index contributed by atoms with van der Waals surface area (Å²) in [5.74, 6) is -1.21. The molecular weight excluding hydrogens is 981 g/mol. The minimum atomic E-state index is -0.638. The highest BCUT2D eigenvalue weighted by Crippen LogP contribution is 2.34. The van der Waals surface area contributed by atoms with Crippen molar-refractivity contribution < 1.29 is 19.2 Å². The van der Waals surface area contributed by atoms with Gasteiger partial charge >= 0.3 is 0 Å². The van der Waals surface area contributed by atoms with Crippen molar-refractivity contribution in [2.75, 3.05) is 34.7 Å². The molecule has 0 amide bonds. The number of allylic oxidation sites excluding steroid dienone is 4. The fourth-order valence-electron chi connectivity index (χ4n) is 12.4. The van der Waals surface area contributed by atoms with E-state index < -0.39 is 23.8 Å². The number of carbonyl (C=O) groups excluding carboxylic acids is 4. The molecule has 0 aromatic heterocycles. The van der Waals surface area contributed by atoms with Crippen molar-refractivity contribution in [3.63, 3.8) is 0 Å². The van der Waals surface area contributed by atoms with Crippen molar-refractivity contribution in [3.8, 4) is 0 Å². The third-order valence-electron chi connectivity index (χ3n) is 17.5. The van der Waals surface area contributed by atoms with Crippen LogP contribution in [0, 0.1) is 17.8 Å². The Hall–Kier alpha value is -1.92. The molecule has 0 aliphatic carbocycles. The Labute approximate surface area is 500 Å². The molecule has 4 atom stereocenters. The molecule has 0 rings (SSSR count). The highest BCUT2D eigenvalue weighted by Gasteiger charge is 2.45. The van der Waals surface area contributed by atoms with Crippen LogP contribution in [0.15, 0.2) is 24.3 Å².